The summed E-state index contributed by atoms with van der Waals surface area (Å²) >= 11 is 0. The highest BCUT2D eigenvalue weighted by atomic mass is 13.9. The molecule has 0 aliphatic rings. The van der Waals surface area contributed by atoms with Gasteiger partial charge in [0.15, 0.2) is 0 Å². The molecule has 0 saturated carbocycles. The summed E-state index contributed by atoms with van der Waals surface area (Å²) in [4.78, 5) is 0. The molecule has 0 amide bonds. The van der Waals surface area contributed by atoms with Crippen molar-refractivity contribution < 1.29 is 0 Å². The highest BCUT2D eigenvalue weighted by Crippen LogP contribution is 2.03. The summed E-state index contributed by atoms with van der Waals surface area (Å²) in [6.07, 6.45) is 15.6. The van der Waals surface area contributed by atoms with E-state index in [9.17, 15) is 0 Å². The monoisotopic (exact) mass is 164 g/mol. The molecule has 0 heteroatoms. The van der Waals surface area contributed by atoms with Gasteiger partial charge >= 0.3 is 0 Å². The van der Waals surface area contributed by atoms with Gasteiger partial charge in [-0.1, -0.05) is 30.7 Å². The van der Waals surface area contributed by atoms with Crippen LogP contribution in [0.15, 0.2) is 37.5 Å². The van der Waals surface area contributed by atoms with E-state index < -0.39 is 0 Å². The van der Waals surface area contributed by atoms with Crippen LogP contribution in [0.3, 0.4) is 0 Å². The van der Waals surface area contributed by atoms with Crippen molar-refractivity contribution in [1.29, 1.82) is 0 Å². The van der Waals surface area contributed by atoms with Crippen molar-refractivity contribution in [3.63, 3.8) is 0 Å². The van der Waals surface area contributed by atoms with E-state index in [2.05, 4.69) is 25.3 Å². The molecule has 0 radical (unpaired) electrons. The summed E-state index contributed by atoms with van der Waals surface area (Å²) < 4.78 is 0. The van der Waals surface area contributed by atoms with Crippen molar-refractivity contribution in [1.82, 2.24) is 0 Å². The molecular formula is C12H20. The fourth-order valence-electron chi connectivity index (χ4n) is 1.04. The van der Waals surface area contributed by atoms with Crippen LogP contribution in [0.25, 0.3) is 0 Å². The van der Waals surface area contributed by atoms with E-state index in [-0.39, 0.29) is 0 Å². The van der Waals surface area contributed by atoms with Gasteiger partial charge in [-0.3, -0.25) is 0 Å². The van der Waals surface area contributed by atoms with Crippen LogP contribution >= 0.6 is 0 Å². The van der Waals surface area contributed by atoms with Crippen LogP contribution in [-0.4, -0.2) is 0 Å². The molecule has 0 atom stereocenters. The van der Waals surface area contributed by atoms with Crippen LogP contribution < -0.4 is 0 Å². The smallest absolute Gasteiger partial charge is 0.0172 e. The summed E-state index contributed by atoms with van der Waals surface area (Å²) in [6.45, 7) is 7.35. The first-order valence-electron chi connectivity index (χ1n) is 4.78. The number of hydrogen-bond donors (Lipinski definition) is 0. The minimum absolute atomic E-state index is 1.01. The lowest BCUT2D eigenvalue weighted by Gasteiger charge is -1.93. The molecule has 0 aromatic heterocycles. The third kappa shape index (κ3) is 9.22. The maximum atomic E-state index is 3.69. The van der Waals surface area contributed by atoms with E-state index >= 15 is 0 Å². The highest BCUT2D eigenvalue weighted by Gasteiger charge is 1.84. The quantitative estimate of drug-likeness (QED) is 0.371. The fourth-order valence-corrected chi connectivity index (χ4v) is 1.04. The Morgan fingerprint density at radius 2 is 1.50 bits per heavy atom. The summed E-state index contributed by atoms with van der Waals surface area (Å²) in [6, 6.07) is 0. The molecule has 0 unspecified atom stereocenters. The zero-order chi connectivity index (χ0) is 9.07. The average molecular weight is 164 g/mol. The minimum atomic E-state index is 1.01. The van der Waals surface area contributed by atoms with Crippen LogP contribution in [-0.2, 0) is 0 Å². The Hall–Kier alpha value is -0.780. The van der Waals surface area contributed by atoms with E-state index in [1.54, 1.807) is 0 Å². The average Bonchev–Trinajstić information content (AvgIpc) is 2.10. The third-order valence-corrected chi connectivity index (χ3v) is 1.75. The lowest BCUT2D eigenvalue weighted by atomic mass is 10.1. The number of rotatable bonds is 8. The first-order valence-corrected chi connectivity index (χ1v) is 4.78. The number of allylic oxidation sites excluding steroid dienone is 4. The zero-order valence-electron chi connectivity index (χ0n) is 7.97. The predicted octanol–water partition coefficient (Wildman–Crippen LogP) is 4.26. The summed E-state index contributed by atoms with van der Waals surface area (Å²) in [5.74, 6) is 0. The Kier molecular flexibility index (Phi) is 9.56. The van der Waals surface area contributed by atoms with Gasteiger partial charge in [-0.2, -0.15) is 0 Å². The van der Waals surface area contributed by atoms with Crippen LogP contribution in [0.5, 0.6) is 0 Å². The van der Waals surface area contributed by atoms with Crippen molar-refractivity contribution in [2.75, 3.05) is 0 Å². The predicted molar refractivity (Wildman–Crippen MR) is 57.2 cm³/mol. The SMILES string of the molecule is C=CC/C=C/CCCCCC=C. The molecule has 0 heterocycles. The maximum Gasteiger partial charge on any atom is -0.0172 e. The molecule has 0 fully saturated rings. The second-order valence-corrected chi connectivity index (χ2v) is 2.92. The fraction of sp³-hybridized carbons (Fsp3) is 0.500. The van der Waals surface area contributed by atoms with E-state index in [0.717, 1.165) is 12.8 Å². The van der Waals surface area contributed by atoms with Gasteiger partial charge in [-0.15, -0.1) is 13.2 Å². The molecule has 0 aliphatic heterocycles. The van der Waals surface area contributed by atoms with Crippen LogP contribution in [0.4, 0.5) is 0 Å². The van der Waals surface area contributed by atoms with E-state index in [1.165, 1.54) is 25.7 Å². The van der Waals surface area contributed by atoms with Gasteiger partial charge in [-0.05, 0) is 32.1 Å². The topological polar surface area (TPSA) is 0 Å². The zero-order valence-corrected chi connectivity index (χ0v) is 7.97. The molecule has 0 N–H and O–H groups in total. The molecule has 0 nitrogen and oxygen atoms in total. The molecule has 0 spiro atoms. The van der Waals surface area contributed by atoms with E-state index in [1.807, 2.05) is 12.2 Å². The highest BCUT2D eigenvalue weighted by molar-refractivity contribution is 4.88. The van der Waals surface area contributed by atoms with Gasteiger partial charge < -0.3 is 0 Å². The Balaban J connectivity index is 2.99. The lowest BCUT2D eigenvalue weighted by molar-refractivity contribution is 0.696. The molecular weight excluding hydrogens is 144 g/mol. The van der Waals surface area contributed by atoms with Crippen LogP contribution in [0.2, 0.25) is 0 Å². The Morgan fingerprint density at radius 1 is 0.750 bits per heavy atom. The number of unbranched alkanes of at least 4 members (excludes halogenated alkanes) is 4. The summed E-state index contributed by atoms with van der Waals surface area (Å²) in [7, 11) is 0. The van der Waals surface area contributed by atoms with Gasteiger partial charge in [0.1, 0.15) is 0 Å². The first kappa shape index (κ1) is 11.2. The molecule has 12 heavy (non-hydrogen) atoms. The Labute approximate surface area is 76.7 Å². The Morgan fingerprint density at radius 3 is 2.17 bits per heavy atom. The standard InChI is InChI=1S/C12H20/c1-3-5-7-9-11-12-10-8-6-4-2/h3-4,7,9H,1-2,5-6,8,10-12H2/b9-7+. The van der Waals surface area contributed by atoms with Gasteiger partial charge in [-0.25, -0.2) is 0 Å². The maximum absolute atomic E-state index is 3.69. The normalized spacial score (nSPS) is 10.3. The number of hydrogen-bond acceptors (Lipinski definition) is 0. The molecule has 0 bridgehead atoms. The van der Waals surface area contributed by atoms with Crippen LogP contribution in [0, 0.1) is 0 Å². The van der Waals surface area contributed by atoms with Gasteiger partial charge in [0.25, 0.3) is 0 Å². The van der Waals surface area contributed by atoms with Gasteiger partial charge in [0.2, 0.25) is 0 Å². The van der Waals surface area contributed by atoms with Crippen LogP contribution in [0.1, 0.15) is 38.5 Å². The van der Waals surface area contributed by atoms with Gasteiger partial charge in [0.05, 0.1) is 0 Å². The van der Waals surface area contributed by atoms with E-state index in [0.29, 0.717) is 0 Å². The molecule has 0 aliphatic carbocycles. The third-order valence-electron chi connectivity index (χ3n) is 1.75. The van der Waals surface area contributed by atoms with Crippen molar-refractivity contribution in [3.05, 3.63) is 37.5 Å². The van der Waals surface area contributed by atoms with Crippen molar-refractivity contribution in [3.8, 4) is 0 Å². The first-order chi connectivity index (χ1) is 5.91. The second-order valence-electron chi connectivity index (χ2n) is 2.92. The molecule has 0 rings (SSSR count). The molecule has 0 aromatic carbocycles. The lowest BCUT2D eigenvalue weighted by Crippen LogP contribution is -1.74. The van der Waals surface area contributed by atoms with Crippen molar-refractivity contribution >= 4 is 0 Å². The minimum Gasteiger partial charge on any atom is -0.103 e. The van der Waals surface area contributed by atoms with Crippen molar-refractivity contribution in [2.45, 2.75) is 38.5 Å². The second kappa shape index (κ2) is 10.2. The van der Waals surface area contributed by atoms with E-state index in [4.69, 9.17) is 0 Å². The Bertz CT molecular complexity index is 131. The summed E-state index contributed by atoms with van der Waals surface area (Å²) in [5.41, 5.74) is 0. The molecule has 0 saturated heterocycles. The molecule has 68 valence electrons. The largest absolute Gasteiger partial charge is 0.103 e. The van der Waals surface area contributed by atoms with Crippen molar-refractivity contribution in [2.24, 2.45) is 0 Å². The molecule has 0 aromatic rings. The van der Waals surface area contributed by atoms with Gasteiger partial charge in [0, 0.05) is 0 Å². The summed E-state index contributed by atoms with van der Waals surface area (Å²) in [5, 5.41) is 0.